The van der Waals surface area contributed by atoms with Crippen molar-refractivity contribution in [2.24, 2.45) is 0 Å². The van der Waals surface area contributed by atoms with Crippen molar-refractivity contribution >= 4 is 40.0 Å². The fourth-order valence-electron chi connectivity index (χ4n) is 4.98. The van der Waals surface area contributed by atoms with E-state index in [2.05, 4.69) is 32.0 Å². The zero-order chi connectivity index (χ0) is 21.1. The Hall–Kier alpha value is -2.56. The van der Waals surface area contributed by atoms with Crippen molar-refractivity contribution in [1.82, 2.24) is 25.0 Å². The van der Waals surface area contributed by atoms with Gasteiger partial charge in [-0.2, -0.15) is 9.78 Å². The number of nitrogens with zero attached hydrogens (tertiary/aromatic N) is 6. The Kier molecular flexibility index (Phi) is 4.48. The summed E-state index contributed by atoms with van der Waals surface area (Å²) in [5, 5.41) is 13.0. The molecule has 6 heterocycles. The lowest BCUT2D eigenvalue weighted by molar-refractivity contribution is 0.0306. The number of hydrogen-bond donors (Lipinski definition) is 2. The third-order valence-corrected chi connectivity index (χ3v) is 6.80. The van der Waals surface area contributed by atoms with E-state index in [0.717, 1.165) is 49.4 Å². The van der Waals surface area contributed by atoms with Gasteiger partial charge in [0.05, 0.1) is 48.7 Å². The molecule has 2 bridgehead atoms. The van der Waals surface area contributed by atoms with Crippen LogP contribution < -0.4 is 15.5 Å². The fraction of sp³-hybridized carbons (Fsp3) is 0.550. The molecule has 2 unspecified atom stereocenters. The first-order valence-corrected chi connectivity index (χ1v) is 11.1. The highest BCUT2D eigenvalue weighted by Crippen LogP contribution is 2.45. The first kappa shape index (κ1) is 19.1. The predicted octanol–water partition coefficient (Wildman–Crippen LogP) is 1.97. The van der Waals surface area contributed by atoms with Gasteiger partial charge in [0.25, 0.3) is 0 Å². The minimum Gasteiger partial charge on any atom is -0.382 e. The van der Waals surface area contributed by atoms with Crippen LogP contribution in [0.5, 0.6) is 0 Å². The molecule has 3 aliphatic heterocycles. The zero-order valence-electron chi connectivity index (χ0n) is 17.3. The smallest absolute Gasteiger partial charge is 0.171 e. The van der Waals surface area contributed by atoms with Gasteiger partial charge in [-0.05, 0) is 19.8 Å². The highest BCUT2D eigenvalue weighted by atomic mass is 35.5. The number of rotatable bonds is 3. The SMILES string of the molecule is C[C@@H]1COCCN1c1nc2c(c(N)nn2-c2ccn[nH]2)c(N2CC3CCC(C2)O3)c1Cl. The summed E-state index contributed by atoms with van der Waals surface area (Å²) in [5.74, 6) is 1.83. The van der Waals surface area contributed by atoms with Crippen LogP contribution in [0.3, 0.4) is 0 Å². The summed E-state index contributed by atoms with van der Waals surface area (Å²) in [6.07, 6.45) is 4.26. The molecule has 0 spiro atoms. The highest BCUT2D eigenvalue weighted by Gasteiger charge is 2.37. The fourth-order valence-corrected chi connectivity index (χ4v) is 5.35. The molecule has 164 valence electrons. The minimum atomic E-state index is 0.158. The van der Waals surface area contributed by atoms with E-state index >= 15 is 0 Å². The van der Waals surface area contributed by atoms with Crippen LogP contribution in [0, 0.1) is 0 Å². The number of nitrogen functional groups attached to an aromatic ring is 1. The number of hydrogen-bond acceptors (Lipinski definition) is 8. The van der Waals surface area contributed by atoms with E-state index in [1.165, 1.54) is 0 Å². The second-order valence-electron chi connectivity index (χ2n) is 8.52. The van der Waals surface area contributed by atoms with Crippen molar-refractivity contribution < 1.29 is 9.47 Å². The molecular weight excluding hydrogens is 420 g/mol. The van der Waals surface area contributed by atoms with Crippen molar-refractivity contribution in [3.63, 3.8) is 0 Å². The Morgan fingerprint density at radius 2 is 2.06 bits per heavy atom. The van der Waals surface area contributed by atoms with Gasteiger partial charge in [0, 0.05) is 25.7 Å². The van der Waals surface area contributed by atoms with Crippen LogP contribution in [-0.4, -0.2) is 76.1 Å². The van der Waals surface area contributed by atoms with Gasteiger partial charge < -0.3 is 25.0 Å². The zero-order valence-corrected chi connectivity index (χ0v) is 18.0. The Morgan fingerprint density at radius 1 is 1.26 bits per heavy atom. The molecule has 3 atom stereocenters. The van der Waals surface area contributed by atoms with Crippen molar-refractivity contribution in [3.05, 3.63) is 17.3 Å². The molecule has 10 nitrogen and oxygen atoms in total. The minimum absolute atomic E-state index is 0.158. The average molecular weight is 445 g/mol. The first-order chi connectivity index (χ1) is 15.1. The van der Waals surface area contributed by atoms with E-state index in [-0.39, 0.29) is 18.2 Å². The average Bonchev–Trinajstić information content (AvgIpc) is 3.48. The number of pyridine rings is 1. The first-order valence-electron chi connectivity index (χ1n) is 10.7. The third-order valence-electron chi connectivity index (χ3n) is 6.45. The number of nitrogens with two attached hydrogens (primary N) is 1. The molecule has 31 heavy (non-hydrogen) atoms. The second-order valence-corrected chi connectivity index (χ2v) is 8.89. The van der Waals surface area contributed by atoms with Crippen LogP contribution >= 0.6 is 11.6 Å². The van der Waals surface area contributed by atoms with Gasteiger partial charge in [0.2, 0.25) is 0 Å². The molecule has 0 radical (unpaired) electrons. The quantitative estimate of drug-likeness (QED) is 0.630. The van der Waals surface area contributed by atoms with Gasteiger partial charge in [0.15, 0.2) is 23.1 Å². The number of morpholine rings is 2. The lowest BCUT2D eigenvalue weighted by Gasteiger charge is -2.38. The largest absolute Gasteiger partial charge is 0.382 e. The van der Waals surface area contributed by atoms with Crippen LogP contribution in [0.15, 0.2) is 12.3 Å². The number of anilines is 3. The van der Waals surface area contributed by atoms with E-state index in [1.807, 2.05) is 6.07 Å². The Balaban J connectivity index is 1.58. The van der Waals surface area contributed by atoms with Gasteiger partial charge in [-0.15, -0.1) is 5.10 Å². The number of halogens is 1. The molecule has 0 aliphatic carbocycles. The van der Waals surface area contributed by atoms with E-state index < -0.39 is 0 Å². The molecular formula is C20H25ClN8O2. The summed E-state index contributed by atoms with van der Waals surface area (Å²) in [6, 6.07) is 2.00. The summed E-state index contributed by atoms with van der Waals surface area (Å²) in [7, 11) is 0. The molecule has 3 aromatic heterocycles. The Morgan fingerprint density at radius 3 is 2.77 bits per heavy atom. The molecule has 0 aromatic carbocycles. The topological polar surface area (TPSA) is 110 Å². The van der Waals surface area contributed by atoms with Gasteiger partial charge in [0.1, 0.15) is 5.02 Å². The maximum absolute atomic E-state index is 7.10. The molecule has 3 fully saturated rings. The summed E-state index contributed by atoms with van der Waals surface area (Å²) in [4.78, 5) is 9.51. The number of ether oxygens (including phenoxy) is 2. The standard InChI is InChI=1S/C20H25ClN8O2/c1-11-10-30-7-6-28(11)20-16(21)17(27-8-12-2-3-13(9-27)31-12)15-18(22)26-29(19(15)24-20)14-4-5-23-25-14/h4-5,11-13H,2-3,6-10H2,1H3,(H2,22,26)(H,23,25)/t11-,12?,13?/m1/s1. The molecule has 6 rings (SSSR count). The van der Waals surface area contributed by atoms with Crippen molar-refractivity contribution in [2.75, 3.05) is 48.4 Å². The Bertz CT molecular complexity index is 1100. The maximum atomic E-state index is 7.10. The van der Waals surface area contributed by atoms with Crippen molar-refractivity contribution in [3.8, 4) is 5.82 Å². The van der Waals surface area contributed by atoms with Gasteiger partial charge in [-0.1, -0.05) is 11.6 Å². The maximum Gasteiger partial charge on any atom is 0.171 e. The second kappa shape index (κ2) is 7.25. The molecule has 3 aromatic rings. The van der Waals surface area contributed by atoms with Gasteiger partial charge in [-0.3, -0.25) is 5.10 Å². The highest BCUT2D eigenvalue weighted by molar-refractivity contribution is 6.37. The molecule has 0 saturated carbocycles. The molecule has 3 N–H and O–H groups in total. The molecule has 3 aliphatic rings. The van der Waals surface area contributed by atoms with Crippen LogP contribution in [0.25, 0.3) is 16.9 Å². The number of fused-ring (bicyclic) bond motifs is 3. The van der Waals surface area contributed by atoms with Gasteiger partial charge >= 0.3 is 0 Å². The number of H-pyrrole nitrogens is 1. The number of aromatic amines is 1. The van der Waals surface area contributed by atoms with Gasteiger partial charge in [-0.25, -0.2) is 4.98 Å². The van der Waals surface area contributed by atoms with Crippen molar-refractivity contribution in [1.29, 1.82) is 0 Å². The predicted molar refractivity (Wildman–Crippen MR) is 118 cm³/mol. The van der Waals surface area contributed by atoms with Crippen LogP contribution in [0.1, 0.15) is 19.8 Å². The molecule has 3 saturated heterocycles. The van der Waals surface area contributed by atoms with Crippen LogP contribution in [0.2, 0.25) is 5.02 Å². The van der Waals surface area contributed by atoms with E-state index in [1.54, 1.807) is 10.9 Å². The lowest BCUT2D eigenvalue weighted by atomic mass is 10.1. The third kappa shape index (κ3) is 3.04. The van der Waals surface area contributed by atoms with Crippen LogP contribution in [0.4, 0.5) is 17.3 Å². The lowest BCUT2D eigenvalue weighted by Crippen LogP contribution is -2.45. The molecule has 0 amide bonds. The molecule has 11 heteroatoms. The van der Waals surface area contributed by atoms with E-state index in [9.17, 15) is 0 Å². The normalized spacial score (nSPS) is 26.2. The summed E-state index contributed by atoms with van der Waals surface area (Å²) in [5.41, 5.74) is 8.00. The number of nitrogens with one attached hydrogen (secondary N) is 1. The summed E-state index contributed by atoms with van der Waals surface area (Å²) < 4.78 is 13.4. The number of aromatic nitrogens is 5. The van der Waals surface area contributed by atoms with E-state index in [4.69, 9.17) is 31.8 Å². The van der Waals surface area contributed by atoms with E-state index in [0.29, 0.717) is 35.5 Å². The summed E-state index contributed by atoms with van der Waals surface area (Å²) >= 11 is 7.10. The summed E-state index contributed by atoms with van der Waals surface area (Å²) in [6.45, 7) is 5.68. The van der Waals surface area contributed by atoms with Crippen molar-refractivity contribution in [2.45, 2.75) is 38.0 Å². The monoisotopic (exact) mass is 444 g/mol. The Labute approximate surface area is 184 Å². The van der Waals surface area contributed by atoms with Crippen LogP contribution in [-0.2, 0) is 9.47 Å².